The molecule has 2 heteroatoms. The molecule has 1 aliphatic heterocycles. The molecule has 0 amide bonds. The van der Waals surface area contributed by atoms with Crippen LogP contribution in [0, 0.1) is 46.3 Å². The van der Waals surface area contributed by atoms with Gasteiger partial charge in [0.05, 0.1) is 12.2 Å². The smallest absolute Gasteiger partial charge is 0.103 e. The van der Waals surface area contributed by atoms with Crippen LogP contribution in [0.25, 0.3) is 0 Å². The van der Waals surface area contributed by atoms with Crippen LogP contribution in [0.2, 0.25) is 0 Å². The molecule has 0 aromatic heterocycles. The Morgan fingerprint density at radius 2 is 1.76 bits per heavy atom. The zero-order valence-corrected chi connectivity index (χ0v) is 19.8. The zero-order chi connectivity index (χ0) is 20.6. The zero-order valence-electron chi connectivity index (χ0n) is 19.8. The lowest BCUT2D eigenvalue weighted by Crippen LogP contribution is -2.58. The number of aliphatic hydroxyl groups is 1. The molecule has 4 saturated carbocycles. The van der Waals surface area contributed by atoms with Crippen molar-refractivity contribution >= 4 is 0 Å². The maximum absolute atomic E-state index is 10.4. The molecule has 8 unspecified atom stereocenters. The van der Waals surface area contributed by atoms with Gasteiger partial charge in [-0.1, -0.05) is 53.9 Å². The average Bonchev–Trinajstić information content (AvgIpc) is 3.22. The van der Waals surface area contributed by atoms with Crippen molar-refractivity contribution < 1.29 is 9.84 Å². The third-order valence-electron chi connectivity index (χ3n) is 11.3. The van der Waals surface area contributed by atoms with E-state index in [0.29, 0.717) is 16.9 Å². The predicted octanol–water partition coefficient (Wildman–Crippen LogP) is 6.60. The Morgan fingerprint density at radius 1 is 0.966 bits per heavy atom. The summed E-state index contributed by atoms with van der Waals surface area (Å²) in [5.74, 6) is 5.31. The Balaban J connectivity index is 1.33. The van der Waals surface area contributed by atoms with Gasteiger partial charge in [-0.05, 0) is 85.9 Å². The summed E-state index contributed by atoms with van der Waals surface area (Å²) in [6.45, 7) is 12.6. The van der Waals surface area contributed by atoms with Crippen molar-refractivity contribution in [1.82, 2.24) is 0 Å². The first kappa shape index (κ1) is 20.8. The lowest BCUT2D eigenvalue weighted by Gasteiger charge is -2.59. The first-order chi connectivity index (χ1) is 13.7. The van der Waals surface area contributed by atoms with E-state index in [1.807, 2.05) is 0 Å². The number of fused-ring (bicyclic) bond motifs is 4. The minimum absolute atomic E-state index is 0.0434. The molecule has 1 spiro atoms. The van der Waals surface area contributed by atoms with Gasteiger partial charge in [0.1, 0.15) is 5.60 Å². The minimum Gasteiger partial charge on any atom is -0.393 e. The molecule has 0 aromatic carbocycles. The van der Waals surface area contributed by atoms with Crippen LogP contribution in [0.5, 0.6) is 0 Å². The third kappa shape index (κ3) is 2.94. The van der Waals surface area contributed by atoms with Crippen molar-refractivity contribution in [2.45, 2.75) is 123 Å². The van der Waals surface area contributed by atoms with E-state index < -0.39 is 0 Å². The van der Waals surface area contributed by atoms with Crippen molar-refractivity contribution in [3.8, 4) is 0 Å². The van der Waals surface area contributed by atoms with E-state index in [1.165, 1.54) is 57.8 Å². The van der Waals surface area contributed by atoms with Gasteiger partial charge in [-0.25, -0.2) is 0 Å². The molecular weight excluding hydrogens is 356 g/mol. The molecule has 1 heterocycles. The maximum Gasteiger partial charge on any atom is 0.103 e. The highest BCUT2D eigenvalue weighted by molar-refractivity contribution is 5.24. The predicted molar refractivity (Wildman–Crippen MR) is 119 cm³/mol. The van der Waals surface area contributed by atoms with Gasteiger partial charge >= 0.3 is 0 Å². The van der Waals surface area contributed by atoms with E-state index in [4.69, 9.17) is 4.74 Å². The second kappa shape index (κ2) is 6.96. The monoisotopic (exact) mass is 402 g/mol. The van der Waals surface area contributed by atoms with Crippen LogP contribution >= 0.6 is 0 Å². The van der Waals surface area contributed by atoms with Gasteiger partial charge in [0, 0.05) is 11.8 Å². The molecule has 0 bridgehead atoms. The number of ether oxygens (including phenoxy) is 1. The first-order valence-corrected chi connectivity index (χ1v) is 13.1. The number of hydrogen-bond donors (Lipinski definition) is 1. The largest absolute Gasteiger partial charge is 0.393 e. The lowest BCUT2D eigenvalue weighted by atomic mass is 9.44. The van der Waals surface area contributed by atoms with Crippen molar-refractivity contribution in [1.29, 1.82) is 0 Å². The van der Waals surface area contributed by atoms with Gasteiger partial charge in [0.2, 0.25) is 0 Å². The van der Waals surface area contributed by atoms with E-state index in [0.717, 1.165) is 48.3 Å². The van der Waals surface area contributed by atoms with E-state index >= 15 is 0 Å². The number of epoxide rings is 1. The Kier molecular flexibility index (Phi) is 4.99. The molecule has 10 atom stereocenters. The summed E-state index contributed by atoms with van der Waals surface area (Å²) in [6, 6.07) is 0. The van der Waals surface area contributed by atoms with Crippen LogP contribution in [0.3, 0.4) is 0 Å². The summed E-state index contributed by atoms with van der Waals surface area (Å²) in [5.41, 5.74) is 0.932. The summed E-state index contributed by atoms with van der Waals surface area (Å²) in [5, 5.41) is 10.4. The first-order valence-electron chi connectivity index (χ1n) is 13.1. The highest BCUT2D eigenvalue weighted by atomic mass is 16.6. The summed E-state index contributed by atoms with van der Waals surface area (Å²) in [7, 11) is 0. The molecule has 1 saturated heterocycles. The summed E-state index contributed by atoms with van der Waals surface area (Å²) >= 11 is 0. The Morgan fingerprint density at radius 3 is 2.52 bits per heavy atom. The molecule has 166 valence electrons. The van der Waals surface area contributed by atoms with Crippen molar-refractivity contribution in [3.05, 3.63) is 0 Å². The Labute approximate surface area is 179 Å². The molecule has 0 radical (unpaired) electrons. The van der Waals surface area contributed by atoms with Gasteiger partial charge in [-0.15, -0.1) is 0 Å². The SMILES string of the molecule is CC(C)CCCC(C)C1CCC2C3C[C@H]4O[C@@]45CC(O)CCC5(C)C3CCC12C. The Hall–Kier alpha value is -0.0800. The van der Waals surface area contributed by atoms with Crippen LogP contribution in [0.1, 0.15) is 105 Å². The number of rotatable bonds is 5. The van der Waals surface area contributed by atoms with Gasteiger partial charge in [0.15, 0.2) is 0 Å². The highest BCUT2D eigenvalue weighted by Crippen LogP contribution is 2.74. The molecular formula is C27H46O2. The normalized spacial score (nSPS) is 54.3. The second-order valence-corrected chi connectivity index (χ2v) is 13.0. The second-order valence-electron chi connectivity index (χ2n) is 13.0. The lowest BCUT2D eigenvalue weighted by molar-refractivity contribution is -0.116. The average molecular weight is 403 g/mol. The molecule has 5 aliphatic rings. The molecule has 1 N–H and O–H groups in total. The van der Waals surface area contributed by atoms with Crippen LogP contribution < -0.4 is 0 Å². The van der Waals surface area contributed by atoms with E-state index in [9.17, 15) is 5.11 Å². The van der Waals surface area contributed by atoms with E-state index in [1.54, 1.807) is 0 Å². The van der Waals surface area contributed by atoms with E-state index in [-0.39, 0.29) is 11.7 Å². The van der Waals surface area contributed by atoms with Gasteiger partial charge in [-0.3, -0.25) is 0 Å². The van der Waals surface area contributed by atoms with Gasteiger partial charge < -0.3 is 9.84 Å². The quantitative estimate of drug-likeness (QED) is 0.525. The molecule has 0 aromatic rings. The summed E-state index contributed by atoms with van der Waals surface area (Å²) in [6.07, 6.45) is 14.8. The molecule has 4 aliphatic carbocycles. The van der Waals surface area contributed by atoms with Crippen LogP contribution in [-0.2, 0) is 4.74 Å². The molecule has 5 fully saturated rings. The maximum atomic E-state index is 10.4. The van der Waals surface area contributed by atoms with Crippen molar-refractivity contribution in [3.63, 3.8) is 0 Å². The van der Waals surface area contributed by atoms with Gasteiger partial charge in [-0.2, -0.15) is 0 Å². The third-order valence-corrected chi connectivity index (χ3v) is 11.3. The fourth-order valence-corrected chi connectivity index (χ4v) is 9.68. The molecule has 29 heavy (non-hydrogen) atoms. The van der Waals surface area contributed by atoms with Crippen LogP contribution in [0.4, 0.5) is 0 Å². The standard InChI is InChI=1S/C27H46O2/c1-17(2)7-6-8-18(3)21-9-10-22-20-15-24-27(29-24)16-19(28)11-14-26(27,5)23(20)12-13-25(21,22)4/h17-24,28H,6-16H2,1-5H3/t18?,19?,20?,21?,22?,23?,24-,25?,26?,27+/m1/s1. The Bertz CT molecular complexity index is 630. The van der Waals surface area contributed by atoms with Crippen LogP contribution in [0.15, 0.2) is 0 Å². The fraction of sp³-hybridized carbons (Fsp3) is 1.00. The molecule has 2 nitrogen and oxygen atoms in total. The van der Waals surface area contributed by atoms with Gasteiger partial charge in [0.25, 0.3) is 0 Å². The number of aliphatic hydroxyl groups excluding tert-OH is 1. The highest BCUT2D eigenvalue weighted by Gasteiger charge is 2.76. The van der Waals surface area contributed by atoms with Crippen LogP contribution in [-0.4, -0.2) is 22.9 Å². The number of hydrogen-bond acceptors (Lipinski definition) is 2. The summed E-state index contributed by atoms with van der Waals surface area (Å²) in [4.78, 5) is 0. The van der Waals surface area contributed by atoms with Crippen molar-refractivity contribution in [2.24, 2.45) is 46.3 Å². The molecule has 5 rings (SSSR count). The minimum atomic E-state index is -0.124. The van der Waals surface area contributed by atoms with E-state index in [2.05, 4.69) is 34.6 Å². The van der Waals surface area contributed by atoms with Crippen molar-refractivity contribution in [2.75, 3.05) is 0 Å². The topological polar surface area (TPSA) is 32.8 Å². The summed E-state index contributed by atoms with van der Waals surface area (Å²) < 4.78 is 6.51. The fourth-order valence-electron chi connectivity index (χ4n) is 9.68.